The Bertz CT molecular complexity index is 474. The molecule has 2 unspecified atom stereocenters. The summed E-state index contributed by atoms with van der Waals surface area (Å²) in [6, 6.07) is 4.39. The van der Waals surface area contributed by atoms with Crippen molar-refractivity contribution in [1.82, 2.24) is 5.32 Å². The fourth-order valence-electron chi connectivity index (χ4n) is 3.57. The minimum atomic E-state index is 0.832. The number of halogens is 1. The molecule has 1 aromatic carbocycles. The Morgan fingerprint density at radius 1 is 1.30 bits per heavy atom. The van der Waals surface area contributed by atoms with Crippen LogP contribution in [0.5, 0.6) is 5.75 Å². The Balaban J connectivity index is 1.59. The molecule has 0 spiro atoms. The third kappa shape index (κ3) is 3.20. The maximum atomic E-state index is 5.79. The van der Waals surface area contributed by atoms with Crippen LogP contribution in [0.1, 0.15) is 43.7 Å². The molecule has 1 aliphatic carbocycles. The molecule has 0 saturated heterocycles. The molecule has 1 fully saturated rings. The van der Waals surface area contributed by atoms with Gasteiger partial charge in [-0.1, -0.05) is 42.1 Å². The van der Waals surface area contributed by atoms with Gasteiger partial charge < -0.3 is 10.1 Å². The summed E-state index contributed by atoms with van der Waals surface area (Å²) in [4.78, 5) is 0. The van der Waals surface area contributed by atoms with E-state index in [9.17, 15) is 0 Å². The summed E-state index contributed by atoms with van der Waals surface area (Å²) in [6.45, 7) is 5.30. The maximum Gasteiger partial charge on any atom is 0.127 e. The number of hydrogen-bond donors (Lipinski definition) is 1. The SMILES string of the molecule is CC1CCCCC1CNCc1cc(Br)cc2c1OCC2. The molecule has 1 aromatic rings. The van der Waals surface area contributed by atoms with E-state index in [1.165, 1.54) is 41.3 Å². The molecular formula is C17H24BrNO. The number of benzene rings is 1. The minimum Gasteiger partial charge on any atom is -0.493 e. The third-order valence-electron chi connectivity index (χ3n) is 4.84. The summed E-state index contributed by atoms with van der Waals surface area (Å²) in [5.41, 5.74) is 2.65. The lowest BCUT2D eigenvalue weighted by Gasteiger charge is -2.29. The van der Waals surface area contributed by atoms with Crippen LogP contribution in [0.15, 0.2) is 16.6 Å². The monoisotopic (exact) mass is 337 g/mol. The van der Waals surface area contributed by atoms with Gasteiger partial charge >= 0.3 is 0 Å². The zero-order chi connectivity index (χ0) is 13.9. The summed E-state index contributed by atoms with van der Waals surface area (Å²) < 4.78 is 6.96. The summed E-state index contributed by atoms with van der Waals surface area (Å²) >= 11 is 3.61. The van der Waals surface area contributed by atoms with E-state index in [1.54, 1.807) is 0 Å². The van der Waals surface area contributed by atoms with Crippen molar-refractivity contribution in [2.24, 2.45) is 11.8 Å². The van der Waals surface area contributed by atoms with Crippen molar-refractivity contribution in [3.05, 3.63) is 27.7 Å². The van der Waals surface area contributed by atoms with Gasteiger partial charge in [-0.3, -0.25) is 0 Å². The van der Waals surface area contributed by atoms with Gasteiger partial charge in [0.25, 0.3) is 0 Å². The highest BCUT2D eigenvalue weighted by atomic mass is 79.9. The van der Waals surface area contributed by atoms with Gasteiger partial charge in [0.2, 0.25) is 0 Å². The van der Waals surface area contributed by atoms with Crippen LogP contribution in [0.4, 0.5) is 0 Å². The van der Waals surface area contributed by atoms with E-state index in [0.717, 1.165) is 43.7 Å². The highest BCUT2D eigenvalue weighted by Crippen LogP contribution is 2.33. The third-order valence-corrected chi connectivity index (χ3v) is 5.29. The van der Waals surface area contributed by atoms with Crippen molar-refractivity contribution in [1.29, 1.82) is 0 Å². The van der Waals surface area contributed by atoms with Crippen molar-refractivity contribution in [2.45, 2.75) is 45.6 Å². The van der Waals surface area contributed by atoms with Crippen molar-refractivity contribution in [3.8, 4) is 5.75 Å². The molecule has 0 aromatic heterocycles. The normalized spacial score (nSPS) is 25.3. The van der Waals surface area contributed by atoms with Gasteiger partial charge in [-0.05, 0) is 42.5 Å². The summed E-state index contributed by atoms with van der Waals surface area (Å²) in [6.07, 6.45) is 6.67. The van der Waals surface area contributed by atoms with Gasteiger partial charge in [0.05, 0.1) is 6.61 Å². The number of ether oxygens (including phenoxy) is 1. The van der Waals surface area contributed by atoms with E-state index in [-0.39, 0.29) is 0 Å². The van der Waals surface area contributed by atoms with Crippen molar-refractivity contribution in [2.75, 3.05) is 13.2 Å². The first-order valence-corrected chi connectivity index (χ1v) is 8.68. The van der Waals surface area contributed by atoms with Crippen molar-refractivity contribution >= 4 is 15.9 Å². The van der Waals surface area contributed by atoms with Crippen LogP contribution in [-0.2, 0) is 13.0 Å². The van der Waals surface area contributed by atoms with Gasteiger partial charge in [0, 0.05) is 23.0 Å². The van der Waals surface area contributed by atoms with Gasteiger partial charge in [-0.2, -0.15) is 0 Å². The predicted molar refractivity (Wildman–Crippen MR) is 86.2 cm³/mol. The van der Waals surface area contributed by atoms with E-state index in [0.29, 0.717) is 0 Å². The Morgan fingerprint density at radius 3 is 3.00 bits per heavy atom. The second-order valence-electron chi connectivity index (χ2n) is 6.30. The first-order chi connectivity index (χ1) is 9.74. The summed E-state index contributed by atoms with van der Waals surface area (Å²) in [5.74, 6) is 2.85. The fraction of sp³-hybridized carbons (Fsp3) is 0.647. The van der Waals surface area contributed by atoms with E-state index < -0.39 is 0 Å². The molecule has 2 aliphatic rings. The Morgan fingerprint density at radius 2 is 2.15 bits per heavy atom. The predicted octanol–water partition coefficient (Wildman–Crippen LogP) is 4.30. The smallest absolute Gasteiger partial charge is 0.127 e. The standard InChI is InChI=1S/C17H24BrNO/c1-12-4-2-3-5-14(12)10-19-11-15-9-16(18)8-13-6-7-20-17(13)15/h8-9,12,14,19H,2-7,10-11H2,1H3. The Labute approximate surface area is 130 Å². The number of rotatable bonds is 4. The Kier molecular flexibility index (Phi) is 4.67. The molecule has 1 saturated carbocycles. The van der Waals surface area contributed by atoms with Crippen molar-refractivity contribution in [3.63, 3.8) is 0 Å². The second kappa shape index (κ2) is 6.48. The van der Waals surface area contributed by atoms with Crippen molar-refractivity contribution < 1.29 is 4.74 Å². The molecule has 110 valence electrons. The fourth-order valence-corrected chi connectivity index (χ4v) is 4.12. The van der Waals surface area contributed by atoms with Crippen LogP contribution in [0.2, 0.25) is 0 Å². The largest absolute Gasteiger partial charge is 0.493 e. The lowest BCUT2D eigenvalue weighted by Crippen LogP contribution is -2.29. The van der Waals surface area contributed by atoms with E-state index in [2.05, 4.69) is 40.3 Å². The zero-order valence-corrected chi connectivity index (χ0v) is 13.8. The molecule has 3 heteroatoms. The van der Waals surface area contributed by atoms with Gasteiger partial charge in [0.15, 0.2) is 0 Å². The molecule has 2 atom stereocenters. The summed E-state index contributed by atoms with van der Waals surface area (Å²) in [5, 5.41) is 3.66. The lowest BCUT2D eigenvalue weighted by molar-refractivity contribution is 0.247. The number of nitrogens with one attached hydrogen (secondary N) is 1. The molecule has 20 heavy (non-hydrogen) atoms. The van der Waals surface area contributed by atoms with Gasteiger partial charge in [-0.25, -0.2) is 0 Å². The van der Waals surface area contributed by atoms with E-state index in [1.807, 2.05) is 0 Å². The minimum absolute atomic E-state index is 0.832. The van der Waals surface area contributed by atoms with Crippen LogP contribution >= 0.6 is 15.9 Å². The molecule has 3 rings (SSSR count). The molecule has 0 amide bonds. The highest BCUT2D eigenvalue weighted by molar-refractivity contribution is 9.10. The topological polar surface area (TPSA) is 21.3 Å². The van der Waals surface area contributed by atoms with Crippen LogP contribution in [0, 0.1) is 11.8 Å². The van der Waals surface area contributed by atoms with E-state index in [4.69, 9.17) is 4.74 Å². The first kappa shape index (κ1) is 14.4. The number of hydrogen-bond acceptors (Lipinski definition) is 2. The molecule has 2 nitrogen and oxygen atoms in total. The quantitative estimate of drug-likeness (QED) is 0.884. The molecule has 0 bridgehead atoms. The van der Waals surface area contributed by atoms with Gasteiger partial charge in [-0.15, -0.1) is 0 Å². The Hall–Kier alpha value is -0.540. The molecule has 1 heterocycles. The molecule has 1 N–H and O–H groups in total. The van der Waals surface area contributed by atoms with Crippen LogP contribution < -0.4 is 10.1 Å². The maximum absolute atomic E-state index is 5.79. The lowest BCUT2D eigenvalue weighted by atomic mass is 9.80. The highest BCUT2D eigenvalue weighted by Gasteiger charge is 2.21. The van der Waals surface area contributed by atoms with Gasteiger partial charge in [0.1, 0.15) is 5.75 Å². The first-order valence-electron chi connectivity index (χ1n) is 7.89. The second-order valence-corrected chi connectivity index (χ2v) is 7.22. The van der Waals surface area contributed by atoms with Crippen LogP contribution in [0.3, 0.4) is 0 Å². The average molecular weight is 338 g/mol. The van der Waals surface area contributed by atoms with E-state index >= 15 is 0 Å². The zero-order valence-electron chi connectivity index (χ0n) is 12.3. The molecular weight excluding hydrogens is 314 g/mol. The number of fused-ring (bicyclic) bond motifs is 1. The molecule has 1 aliphatic heterocycles. The summed E-state index contributed by atoms with van der Waals surface area (Å²) in [7, 11) is 0. The molecule has 0 radical (unpaired) electrons. The van der Waals surface area contributed by atoms with Crippen LogP contribution in [0.25, 0.3) is 0 Å². The average Bonchev–Trinajstić information content (AvgIpc) is 2.89. The van der Waals surface area contributed by atoms with Crippen LogP contribution in [-0.4, -0.2) is 13.2 Å².